The van der Waals surface area contributed by atoms with Gasteiger partial charge in [-0.1, -0.05) is 6.42 Å². The number of ether oxygens (including phenoxy) is 1. The van der Waals surface area contributed by atoms with Crippen LogP contribution in [-0.2, 0) is 24.1 Å². The summed E-state index contributed by atoms with van der Waals surface area (Å²) in [5, 5.41) is 1.18. The van der Waals surface area contributed by atoms with Gasteiger partial charge < -0.3 is 15.0 Å². The summed E-state index contributed by atoms with van der Waals surface area (Å²) in [6, 6.07) is 0. The van der Waals surface area contributed by atoms with Gasteiger partial charge in [0, 0.05) is 42.7 Å². The van der Waals surface area contributed by atoms with Gasteiger partial charge in [0.05, 0.1) is 0 Å². The molecule has 0 spiro atoms. The van der Waals surface area contributed by atoms with Crippen molar-refractivity contribution in [2.45, 2.75) is 58.9 Å². The van der Waals surface area contributed by atoms with E-state index in [9.17, 15) is 0 Å². The molecule has 0 bridgehead atoms. The smallest absolute Gasteiger partial charge is 0.142 e. The van der Waals surface area contributed by atoms with Crippen molar-refractivity contribution in [3.8, 4) is 0 Å². The number of pyridine rings is 1. The first-order chi connectivity index (χ1) is 10.6. The van der Waals surface area contributed by atoms with E-state index in [1.54, 1.807) is 7.11 Å². The SMILES string of the molecule is COCCCn1c(C)c(C)c2c(N)c3c(nc21)CCCCC3. The molecule has 0 radical (unpaired) electrons. The van der Waals surface area contributed by atoms with E-state index in [4.69, 9.17) is 15.5 Å². The number of methoxy groups -OCH3 is 1. The average molecular weight is 301 g/mol. The maximum absolute atomic E-state index is 6.57. The summed E-state index contributed by atoms with van der Waals surface area (Å²) < 4.78 is 7.52. The van der Waals surface area contributed by atoms with E-state index in [0.717, 1.165) is 43.7 Å². The third-order valence-corrected chi connectivity index (χ3v) is 5.06. The average Bonchev–Trinajstić information content (AvgIpc) is 2.69. The fraction of sp³-hybridized carbons (Fsp3) is 0.611. The summed E-state index contributed by atoms with van der Waals surface area (Å²) in [6.45, 7) is 6.06. The Kier molecular flexibility index (Phi) is 4.39. The van der Waals surface area contributed by atoms with Crippen LogP contribution in [0, 0.1) is 13.8 Å². The topological polar surface area (TPSA) is 53.1 Å². The number of anilines is 1. The highest BCUT2D eigenvalue weighted by atomic mass is 16.5. The first-order valence-electron chi connectivity index (χ1n) is 8.40. The molecular formula is C18H27N3O. The monoisotopic (exact) mass is 301 g/mol. The van der Waals surface area contributed by atoms with E-state index in [-0.39, 0.29) is 0 Å². The van der Waals surface area contributed by atoms with E-state index in [0.29, 0.717) is 0 Å². The Balaban J connectivity index is 2.15. The zero-order valence-electron chi connectivity index (χ0n) is 14.0. The maximum atomic E-state index is 6.57. The molecule has 0 aliphatic heterocycles. The molecule has 3 rings (SSSR count). The quantitative estimate of drug-likeness (QED) is 0.694. The molecule has 0 atom stereocenters. The minimum absolute atomic E-state index is 0.776. The number of hydrogen-bond acceptors (Lipinski definition) is 3. The van der Waals surface area contributed by atoms with Crippen LogP contribution in [0.3, 0.4) is 0 Å². The summed E-state index contributed by atoms with van der Waals surface area (Å²) in [5.41, 5.74) is 13.7. The van der Waals surface area contributed by atoms with Gasteiger partial charge in [0.25, 0.3) is 0 Å². The van der Waals surface area contributed by atoms with Crippen molar-refractivity contribution in [2.24, 2.45) is 0 Å². The van der Waals surface area contributed by atoms with E-state index >= 15 is 0 Å². The molecule has 0 aromatic carbocycles. The molecule has 0 unspecified atom stereocenters. The molecule has 0 saturated heterocycles. The molecule has 1 aliphatic rings. The van der Waals surface area contributed by atoms with Gasteiger partial charge >= 0.3 is 0 Å². The van der Waals surface area contributed by atoms with Crippen molar-refractivity contribution in [1.29, 1.82) is 0 Å². The number of nitrogen functional groups attached to an aromatic ring is 1. The normalized spacial score (nSPS) is 15.0. The number of fused-ring (bicyclic) bond motifs is 2. The Hall–Kier alpha value is -1.55. The van der Waals surface area contributed by atoms with Crippen LogP contribution in [-0.4, -0.2) is 23.3 Å². The van der Waals surface area contributed by atoms with Crippen molar-refractivity contribution < 1.29 is 4.74 Å². The molecule has 2 aromatic heterocycles. The van der Waals surface area contributed by atoms with Crippen molar-refractivity contribution in [2.75, 3.05) is 19.5 Å². The van der Waals surface area contributed by atoms with Crippen molar-refractivity contribution in [3.63, 3.8) is 0 Å². The second-order valence-corrected chi connectivity index (χ2v) is 6.42. The summed E-state index contributed by atoms with van der Waals surface area (Å²) in [6.07, 6.45) is 6.89. The number of aromatic nitrogens is 2. The molecule has 1 aliphatic carbocycles. The molecule has 0 fully saturated rings. The number of aryl methyl sites for hydroxylation is 3. The zero-order valence-corrected chi connectivity index (χ0v) is 14.0. The Morgan fingerprint density at radius 3 is 2.73 bits per heavy atom. The summed E-state index contributed by atoms with van der Waals surface area (Å²) >= 11 is 0. The van der Waals surface area contributed by atoms with Gasteiger partial charge in [-0.25, -0.2) is 4.98 Å². The molecule has 0 amide bonds. The fourth-order valence-corrected chi connectivity index (χ4v) is 3.68. The molecule has 0 saturated carbocycles. The highest BCUT2D eigenvalue weighted by Crippen LogP contribution is 2.35. The van der Waals surface area contributed by atoms with Gasteiger partial charge in [0.2, 0.25) is 0 Å². The van der Waals surface area contributed by atoms with Gasteiger partial charge in [-0.2, -0.15) is 0 Å². The summed E-state index contributed by atoms with van der Waals surface area (Å²) in [4.78, 5) is 5.04. The number of rotatable bonds is 4. The predicted molar refractivity (Wildman–Crippen MR) is 91.4 cm³/mol. The van der Waals surface area contributed by atoms with Gasteiger partial charge in [-0.15, -0.1) is 0 Å². The molecular weight excluding hydrogens is 274 g/mol. The van der Waals surface area contributed by atoms with E-state index in [1.807, 2.05) is 0 Å². The second-order valence-electron chi connectivity index (χ2n) is 6.42. The third-order valence-electron chi connectivity index (χ3n) is 5.06. The molecule has 22 heavy (non-hydrogen) atoms. The summed E-state index contributed by atoms with van der Waals surface area (Å²) in [5.74, 6) is 0. The fourth-order valence-electron chi connectivity index (χ4n) is 3.68. The van der Waals surface area contributed by atoms with Crippen molar-refractivity contribution >= 4 is 16.7 Å². The molecule has 2 aromatic rings. The summed E-state index contributed by atoms with van der Waals surface area (Å²) in [7, 11) is 1.75. The van der Waals surface area contributed by atoms with Gasteiger partial charge in [-0.3, -0.25) is 0 Å². The van der Waals surface area contributed by atoms with Crippen LogP contribution in [0.2, 0.25) is 0 Å². The van der Waals surface area contributed by atoms with Gasteiger partial charge in [0.1, 0.15) is 5.65 Å². The lowest BCUT2D eigenvalue weighted by Gasteiger charge is -2.12. The van der Waals surface area contributed by atoms with Crippen LogP contribution >= 0.6 is 0 Å². The van der Waals surface area contributed by atoms with E-state index in [1.165, 1.54) is 47.2 Å². The lowest BCUT2D eigenvalue weighted by atomic mass is 10.0. The van der Waals surface area contributed by atoms with Gasteiger partial charge in [0.15, 0.2) is 0 Å². The van der Waals surface area contributed by atoms with Crippen LogP contribution in [0.15, 0.2) is 0 Å². The number of nitrogens with zero attached hydrogens (tertiary/aromatic N) is 2. The third kappa shape index (κ3) is 2.50. The Morgan fingerprint density at radius 1 is 1.18 bits per heavy atom. The highest BCUT2D eigenvalue weighted by molar-refractivity contribution is 5.95. The first-order valence-corrected chi connectivity index (χ1v) is 8.40. The lowest BCUT2D eigenvalue weighted by molar-refractivity contribution is 0.190. The minimum atomic E-state index is 0.776. The van der Waals surface area contributed by atoms with Crippen molar-refractivity contribution in [1.82, 2.24) is 9.55 Å². The largest absolute Gasteiger partial charge is 0.398 e. The predicted octanol–water partition coefficient (Wildman–Crippen LogP) is 3.54. The first kappa shape index (κ1) is 15.3. The van der Waals surface area contributed by atoms with Gasteiger partial charge in [-0.05, 0) is 57.1 Å². The van der Waals surface area contributed by atoms with Crippen LogP contribution in [0.4, 0.5) is 5.69 Å². The second kappa shape index (κ2) is 6.29. The minimum Gasteiger partial charge on any atom is -0.398 e. The zero-order chi connectivity index (χ0) is 15.7. The number of nitrogens with two attached hydrogens (primary N) is 1. The standard InChI is InChI=1S/C18H27N3O/c1-12-13(2)21(10-7-11-22-3)18-16(12)17(19)14-8-5-4-6-9-15(14)20-18/h4-11H2,1-3H3,(H2,19,20). The van der Waals surface area contributed by atoms with Crippen LogP contribution in [0.1, 0.15) is 48.2 Å². The molecule has 120 valence electrons. The lowest BCUT2D eigenvalue weighted by Crippen LogP contribution is -2.07. The Bertz CT molecular complexity index is 688. The van der Waals surface area contributed by atoms with E-state index in [2.05, 4.69) is 18.4 Å². The van der Waals surface area contributed by atoms with Crippen LogP contribution < -0.4 is 5.73 Å². The maximum Gasteiger partial charge on any atom is 0.142 e. The Labute approximate surface area is 132 Å². The molecule has 2 N–H and O–H groups in total. The highest BCUT2D eigenvalue weighted by Gasteiger charge is 2.21. The molecule has 2 heterocycles. The Morgan fingerprint density at radius 2 is 1.95 bits per heavy atom. The van der Waals surface area contributed by atoms with Crippen LogP contribution in [0.25, 0.3) is 11.0 Å². The molecule has 4 nitrogen and oxygen atoms in total. The van der Waals surface area contributed by atoms with Crippen LogP contribution in [0.5, 0.6) is 0 Å². The van der Waals surface area contributed by atoms with E-state index < -0.39 is 0 Å². The number of hydrogen-bond donors (Lipinski definition) is 1. The van der Waals surface area contributed by atoms with Crippen molar-refractivity contribution in [3.05, 3.63) is 22.5 Å². The molecule has 4 heteroatoms.